The smallest absolute Gasteiger partial charge is 0.352 e. The lowest BCUT2D eigenvalue weighted by Gasteiger charge is -1.95. The molecule has 4 heteroatoms. The van der Waals surface area contributed by atoms with Gasteiger partial charge in [-0.3, -0.25) is 0 Å². The van der Waals surface area contributed by atoms with Crippen LogP contribution < -0.4 is 0 Å². The van der Waals surface area contributed by atoms with Crippen LogP contribution in [-0.4, -0.2) is 16.1 Å². The van der Waals surface area contributed by atoms with E-state index in [4.69, 9.17) is 5.11 Å². The molecule has 0 aliphatic carbocycles. The number of halogens is 1. The molecule has 76 valence electrons. The van der Waals surface area contributed by atoms with E-state index in [0.717, 1.165) is 11.1 Å². The van der Waals surface area contributed by atoms with Crippen molar-refractivity contribution in [3.63, 3.8) is 0 Å². The van der Waals surface area contributed by atoms with Gasteiger partial charge in [-0.2, -0.15) is 0 Å². The third-order valence-corrected chi connectivity index (χ3v) is 2.09. The first kappa shape index (κ1) is 9.45. The second kappa shape index (κ2) is 3.57. The van der Waals surface area contributed by atoms with Crippen LogP contribution in [0, 0.1) is 5.82 Å². The molecule has 1 heterocycles. The third-order valence-electron chi connectivity index (χ3n) is 2.09. The van der Waals surface area contributed by atoms with Gasteiger partial charge < -0.3 is 10.1 Å². The van der Waals surface area contributed by atoms with Crippen molar-refractivity contribution in [3.05, 3.63) is 48.0 Å². The zero-order valence-corrected chi connectivity index (χ0v) is 7.70. The molecule has 0 saturated heterocycles. The van der Waals surface area contributed by atoms with Crippen molar-refractivity contribution >= 4 is 5.97 Å². The van der Waals surface area contributed by atoms with Crippen molar-refractivity contribution in [3.8, 4) is 11.1 Å². The molecule has 0 radical (unpaired) electrons. The lowest BCUT2D eigenvalue weighted by Crippen LogP contribution is -1.94. The molecule has 2 rings (SSSR count). The summed E-state index contributed by atoms with van der Waals surface area (Å²) < 4.78 is 12.6. The predicted octanol–water partition coefficient (Wildman–Crippen LogP) is 2.52. The van der Waals surface area contributed by atoms with E-state index in [1.54, 1.807) is 18.3 Å². The maximum Gasteiger partial charge on any atom is 0.352 e. The standard InChI is InChI=1S/C11H8FNO2/c12-9-3-1-7(2-4-9)8-5-10(11(14)15)13-6-8/h1-6,13H,(H,14,15). The highest BCUT2D eigenvalue weighted by Gasteiger charge is 2.07. The lowest BCUT2D eigenvalue weighted by atomic mass is 10.1. The highest BCUT2D eigenvalue weighted by molar-refractivity contribution is 5.87. The summed E-state index contributed by atoms with van der Waals surface area (Å²) in [5.74, 6) is -1.32. The molecule has 1 aromatic heterocycles. The van der Waals surface area contributed by atoms with Crippen LogP contribution >= 0.6 is 0 Å². The molecule has 0 amide bonds. The highest BCUT2D eigenvalue weighted by atomic mass is 19.1. The van der Waals surface area contributed by atoms with Gasteiger partial charge in [0.25, 0.3) is 0 Å². The Morgan fingerprint density at radius 1 is 1.20 bits per heavy atom. The maximum atomic E-state index is 12.6. The fourth-order valence-electron chi connectivity index (χ4n) is 1.33. The van der Waals surface area contributed by atoms with Gasteiger partial charge in [0.1, 0.15) is 11.5 Å². The molecule has 15 heavy (non-hydrogen) atoms. The second-order valence-corrected chi connectivity index (χ2v) is 3.11. The van der Waals surface area contributed by atoms with Crippen LogP contribution in [0.3, 0.4) is 0 Å². The van der Waals surface area contributed by atoms with Crippen LogP contribution in [0.2, 0.25) is 0 Å². The number of H-pyrrole nitrogens is 1. The summed E-state index contributed by atoms with van der Waals surface area (Å²) in [6, 6.07) is 7.38. The van der Waals surface area contributed by atoms with E-state index in [0.29, 0.717) is 0 Å². The van der Waals surface area contributed by atoms with Crippen LogP contribution in [0.5, 0.6) is 0 Å². The Balaban J connectivity index is 2.37. The molecule has 0 unspecified atom stereocenters. The van der Waals surface area contributed by atoms with Crippen molar-refractivity contribution in [1.82, 2.24) is 4.98 Å². The summed E-state index contributed by atoms with van der Waals surface area (Å²) in [5, 5.41) is 8.70. The number of aromatic amines is 1. The van der Waals surface area contributed by atoms with Gasteiger partial charge in [0, 0.05) is 6.20 Å². The molecule has 2 aromatic rings. The molecule has 3 nitrogen and oxygen atoms in total. The van der Waals surface area contributed by atoms with Crippen LogP contribution in [0.1, 0.15) is 10.5 Å². The number of rotatable bonds is 2. The van der Waals surface area contributed by atoms with Crippen molar-refractivity contribution in [2.24, 2.45) is 0 Å². The van der Waals surface area contributed by atoms with Crippen molar-refractivity contribution in [2.45, 2.75) is 0 Å². The van der Waals surface area contributed by atoms with Crippen molar-refractivity contribution < 1.29 is 14.3 Å². The number of carbonyl (C=O) groups is 1. The van der Waals surface area contributed by atoms with E-state index in [1.165, 1.54) is 18.2 Å². The summed E-state index contributed by atoms with van der Waals surface area (Å²) in [7, 11) is 0. The lowest BCUT2D eigenvalue weighted by molar-refractivity contribution is 0.0691. The molecule has 0 fully saturated rings. The molecular formula is C11H8FNO2. The Hall–Kier alpha value is -2.10. The normalized spacial score (nSPS) is 10.2. The average Bonchev–Trinajstić information content (AvgIpc) is 2.68. The zero-order valence-electron chi connectivity index (χ0n) is 7.70. The Bertz CT molecular complexity index is 488. The average molecular weight is 205 g/mol. The molecule has 0 bridgehead atoms. The summed E-state index contributed by atoms with van der Waals surface area (Å²) in [4.78, 5) is 13.2. The molecule has 0 aliphatic rings. The van der Waals surface area contributed by atoms with Gasteiger partial charge in [-0.15, -0.1) is 0 Å². The zero-order chi connectivity index (χ0) is 10.8. The highest BCUT2D eigenvalue weighted by Crippen LogP contribution is 2.20. The molecule has 2 N–H and O–H groups in total. The van der Waals surface area contributed by atoms with E-state index >= 15 is 0 Å². The molecular weight excluding hydrogens is 197 g/mol. The van der Waals surface area contributed by atoms with Crippen LogP contribution in [0.25, 0.3) is 11.1 Å². The molecule has 0 saturated carbocycles. The Kier molecular flexibility index (Phi) is 2.25. The SMILES string of the molecule is O=C(O)c1cc(-c2ccc(F)cc2)c[nH]1. The fraction of sp³-hybridized carbons (Fsp3) is 0. The number of nitrogens with one attached hydrogen (secondary N) is 1. The Morgan fingerprint density at radius 3 is 2.40 bits per heavy atom. The topological polar surface area (TPSA) is 53.1 Å². The number of carboxylic acids is 1. The molecule has 0 spiro atoms. The number of aromatic carboxylic acids is 1. The van der Waals surface area contributed by atoms with Crippen molar-refractivity contribution in [1.29, 1.82) is 0 Å². The number of hydrogen-bond acceptors (Lipinski definition) is 1. The minimum atomic E-state index is -1.01. The van der Waals surface area contributed by atoms with Gasteiger partial charge in [-0.05, 0) is 29.3 Å². The first-order valence-corrected chi connectivity index (χ1v) is 4.34. The van der Waals surface area contributed by atoms with E-state index in [1.807, 2.05) is 0 Å². The van der Waals surface area contributed by atoms with Gasteiger partial charge in [0.05, 0.1) is 0 Å². The molecule has 1 aromatic carbocycles. The fourth-order valence-corrected chi connectivity index (χ4v) is 1.33. The van der Waals surface area contributed by atoms with Gasteiger partial charge in [0.15, 0.2) is 0 Å². The minimum absolute atomic E-state index is 0.120. The van der Waals surface area contributed by atoms with Gasteiger partial charge in [0.2, 0.25) is 0 Å². The van der Waals surface area contributed by atoms with E-state index in [9.17, 15) is 9.18 Å². The van der Waals surface area contributed by atoms with Crippen LogP contribution in [-0.2, 0) is 0 Å². The van der Waals surface area contributed by atoms with Gasteiger partial charge in [-0.25, -0.2) is 9.18 Å². The Labute approximate surface area is 85.2 Å². The van der Waals surface area contributed by atoms with E-state index in [-0.39, 0.29) is 11.5 Å². The first-order valence-electron chi connectivity index (χ1n) is 4.34. The van der Waals surface area contributed by atoms with Gasteiger partial charge in [-0.1, -0.05) is 12.1 Å². The minimum Gasteiger partial charge on any atom is -0.477 e. The third kappa shape index (κ3) is 1.88. The van der Waals surface area contributed by atoms with Crippen LogP contribution in [0.4, 0.5) is 4.39 Å². The van der Waals surface area contributed by atoms with E-state index in [2.05, 4.69) is 4.98 Å². The summed E-state index contributed by atoms with van der Waals surface area (Å²) in [6.07, 6.45) is 1.58. The first-order chi connectivity index (χ1) is 7.16. The quantitative estimate of drug-likeness (QED) is 0.791. The second-order valence-electron chi connectivity index (χ2n) is 3.11. The monoisotopic (exact) mass is 205 g/mol. The van der Waals surface area contributed by atoms with Crippen molar-refractivity contribution in [2.75, 3.05) is 0 Å². The maximum absolute atomic E-state index is 12.6. The summed E-state index contributed by atoms with van der Waals surface area (Å²) >= 11 is 0. The summed E-state index contributed by atoms with van der Waals surface area (Å²) in [6.45, 7) is 0. The van der Waals surface area contributed by atoms with Gasteiger partial charge >= 0.3 is 5.97 Å². The Morgan fingerprint density at radius 2 is 1.87 bits per heavy atom. The van der Waals surface area contributed by atoms with Crippen LogP contribution in [0.15, 0.2) is 36.5 Å². The largest absolute Gasteiger partial charge is 0.477 e. The van der Waals surface area contributed by atoms with E-state index < -0.39 is 5.97 Å². The molecule has 0 atom stereocenters. The number of hydrogen-bond donors (Lipinski definition) is 2. The number of aromatic nitrogens is 1. The predicted molar refractivity (Wildman–Crippen MR) is 53.1 cm³/mol. The number of carboxylic acid groups (broad SMARTS) is 1. The number of benzene rings is 1. The summed E-state index contributed by atoms with van der Waals surface area (Å²) in [5.41, 5.74) is 1.63. The molecule has 0 aliphatic heterocycles.